The number of aromatic nitrogens is 1. The Kier molecular flexibility index (Phi) is 7.93. The van der Waals surface area contributed by atoms with Crippen LogP contribution in [0.2, 0.25) is 0 Å². The minimum atomic E-state index is -1.57. The third-order valence-electron chi connectivity index (χ3n) is 7.28. The van der Waals surface area contributed by atoms with Crippen molar-refractivity contribution in [3.8, 4) is 0 Å². The van der Waals surface area contributed by atoms with E-state index in [0.29, 0.717) is 12.2 Å². The van der Waals surface area contributed by atoms with Gasteiger partial charge in [0, 0.05) is 24.9 Å². The van der Waals surface area contributed by atoms with Gasteiger partial charge in [-0.1, -0.05) is 49.6 Å². The molecule has 1 saturated carbocycles. The van der Waals surface area contributed by atoms with Crippen molar-refractivity contribution in [1.82, 2.24) is 9.88 Å². The van der Waals surface area contributed by atoms with E-state index in [1.54, 1.807) is 0 Å². The molecule has 5 heteroatoms. The molecule has 2 aliphatic rings. The van der Waals surface area contributed by atoms with Crippen LogP contribution in [0.1, 0.15) is 68.4 Å². The Balaban J connectivity index is 1.44. The fourth-order valence-corrected chi connectivity index (χ4v) is 5.41. The predicted octanol–water partition coefficient (Wildman–Crippen LogP) is 4.66. The molecule has 32 heavy (non-hydrogen) atoms. The highest BCUT2D eigenvalue weighted by molar-refractivity contribution is 5.81. The highest BCUT2D eigenvalue weighted by atomic mass is 16.5. The number of likely N-dealkylation sites (tertiary alicyclic amines) is 1. The van der Waals surface area contributed by atoms with Crippen molar-refractivity contribution in [2.45, 2.75) is 62.9 Å². The van der Waals surface area contributed by atoms with E-state index in [4.69, 9.17) is 4.74 Å². The van der Waals surface area contributed by atoms with E-state index in [-0.39, 0.29) is 11.8 Å². The lowest BCUT2D eigenvalue weighted by molar-refractivity contribution is -0.175. The van der Waals surface area contributed by atoms with Gasteiger partial charge in [-0.2, -0.15) is 0 Å². The first kappa shape index (κ1) is 22.9. The van der Waals surface area contributed by atoms with Crippen LogP contribution in [-0.4, -0.2) is 47.2 Å². The normalized spacial score (nSPS) is 20.5. The maximum absolute atomic E-state index is 13.3. The van der Waals surface area contributed by atoms with Crippen LogP contribution in [-0.2, 0) is 15.1 Å². The summed E-state index contributed by atoms with van der Waals surface area (Å²) in [5.74, 6) is -0.305. The average Bonchev–Trinajstić information content (AvgIpc) is 3.37. The van der Waals surface area contributed by atoms with Gasteiger partial charge in [0.2, 0.25) is 0 Å². The summed E-state index contributed by atoms with van der Waals surface area (Å²) < 4.78 is 5.81. The molecule has 1 aliphatic carbocycles. The second-order valence-electron chi connectivity index (χ2n) is 9.38. The van der Waals surface area contributed by atoms with Crippen molar-refractivity contribution in [2.24, 2.45) is 5.92 Å². The summed E-state index contributed by atoms with van der Waals surface area (Å²) in [7, 11) is 0. The van der Waals surface area contributed by atoms with Crippen molar-refractivity contribution in [1.29, 1.82) is 0 Å². The standard InChI is InChI=1S/C27H36N2O3/c30-26(27(31,24-9-3-1-4-10-24)25-11-5-2-6-12-25)32-20-15-23(21-29-18-7-8-19-29)22-13-16-28-17-14-22/h1,3-4,9-10,13-14,16-17,23,25,31H,2,5-8,11-12,15,18-21H2/t23-,27?/m0/s1. The minimum absolute atomic E-state index is 0.0910. The molecule has 1 unspecified atom stereocenters. The summed E-state index contributed by atoms with van der Waals surface area (Å²) in [6.45, 7) is 3.54. The number of pyridine rings is 1. The summed E-state index contributed by atoms with van der Waals surface area (Å²) in [4.78, 5) is 20.0. The molecule has 0 bridgehead atoms. The maximum Gasteiger partial charge on any atom is 0.343 e. The molecule has 2 heterocycles. The molecule has 2 atom stereocenters. The van der Waals surface area contributed by atoms with Gasteiger partial charge >= 0.3 is 5.97 Å². The van der Waals surface area contributed by atoms with Gasteiger partial charge in [-0.3, -0.25) is 4.98 Å². The fraction of sp³-hybridized carbons (Fsp3) is 0.556. The van der Waals surface area contributed by atoms with Crippen LogP contribution >= 0.6 is 0 Å². The lowest BCUT2D eigenvalue weighted by atomic mass is 9.73. The third-order valence-corrected chi connectivity index (χ3v) is 7.28. The lowest BCUT2D eigenvalue weighted by Gasteiger charge is -2.37. The van der Waals surface area contributed by atoms with Gasteiger partial charge in [0.1, 0.15) is 0 Å². The molecule has 1 aliphatic heterocycles. The molecule has 2 aromatic rings. The summed E-state index contributed by atoms with van der Waals surface area (Å²) in [5.41, 5.74) is 0.316. The SMILES string of the molecule is O=C(OCC[C@@H](CN1CCCC1)c1ccncc1)C(O)(c1ccccc1)C1CCCCC1. The van der Waals surface area contributed by atoms with E-state index >= 15 is 0 Å². The number of hydrogen-bond donors (Lipinski definition) is 1. The lowest BCUT2D eigenvalue weighted by Crippen LogP contribution is -2.45. The van der Waals surface area contributed by atoms with Crippen molar-refractivity contribution in [2.75, 3.05) is 26.2 Å². The van der Waals surface area contributed by atoms with Crippen molar-refractivity contribution in [3.05, 3.63) is 66.0 Å². The van der Waals surface area contributed by atoms with Crippen LogP contribution in [0.15, 0.2) is 54.9 Å². The molecule has 5 nitrogen and oxygen atoms in total. The zero-order valence-corrected chi connectivity index (χ0v) is 19.0. The topological polar surface area (TPSA) is 62.7 Å². The van der Waals surface area contributed by atoms with Crippen molar-refractivity contribution < 1.29 is 14.6 Å². The van der Waals surface area contributed by atoms with Crippen LogP contribution < -0.4 is 0 Å². The Morgan fingerprint density at radius 1 is 1.03 bits per heavy atom. The Bertz CT molecular complexity index is 832. The molecular formula is C27H36N2O3. The van der Waals surface area contributed by atoms with Crippen LogP contribution in [0.25, 0.3) is 0 Å². The first-order valence-electron chi connectivity index (χ1n) is 12.3. The van der Waals surface area contributed by atoms with Gasteiger partial charge < -0.3 is 14.7 Å². The molecule has 1 aromatic heterocycles. The molecule has 0 amide bonds. The zero-order chi connectivity index (χ0) is 22.2. The molecule has 1 saturated heterocycles. The van der Waals surface area contributed by atoms with Crippen molar-refractivity contribution >= 4 is 5.97 Å². The summed E-state index contributed by atoms with van der Waals surface area (Å²) in [6.07, 6.45) is 11.9. The molecule has 1 aromatic carbocycles. The summed E-state index contributed by atoms with van der Waals surface area (Å²) >= 11 is 0. The van der Waals surface area contributed by atoms with E-state index in [1.807, 2.05) is 42.7 Å². The number of nitrogens with zero attached hydrogens (tertiary/aromatic N) is 2. The first-order chi connectivity index (χ1) is 15.7. The number of aliphatic hydroxyl groups is 1. The smallest absolute Gasteiger partial charge is 0.343 e. The number of carbonyl (C=O) groups excluding carboxylic acids is 1. The number of ether oxygens (including phenoxy) is 1. The monoisotopic (exact) mass is 436 g/mol. The second kappa shape index (κ2) is 11.1. The largest absolute Gasteiger partial charge is 0.463 e. The molecule has 0 radical (unpaired) electrons. The van der Waals surface area contributed by atoms with E-state index in [0.717, 1.165) is 51.7 Å². The Hall–Kier alpha value is -2.24. The Morgan fingerprint density at radius 2 is 1.72 bits per heavy atom. The maximum atomic E-state index is 13.3. The average molecular weight is 437 g/mol. The van der Waals surface area contributed by atoms with Gasteiger partial charge in [-0.25, -0.2) is 4.79 Å². The van der Waals surface area contributed by atoms with Gasteiger partial charge in [0.25, 0.3) is 0 Å². The van der Waals surface area contributed by atoms with Crippen LogP contribution in [0.4, 0.5) is 0 Å². The quantitative estimate of drug-likeness (QED) is 0.579. The van der Waals surface area contributed by atoms with E-state index in [1.165, 1.54) is 24.8 Å². The molecule has 4 rings (SSSR count). The molecule has 1 N–H and O–H groups in total. The van der Waals surface area contributed by atoms with Gasteiger partial charge in [-0.05, 0) is 74.4 Å². The molecule has 2 fully saturated rings. The highest BCUT2D eigenvalue weighted by Crippen LogP contribution is 2.40. The fourth-order valence-electron chi connectivity index (χ4n) is 5.41. The van der Waals surface area contributed by atoms with E-state index in [2.05, 4.69) is 22.0 Å². The number of carbonyl (C=O) groups is 1. The Labute approximate surface area is 191 Å². The highest BCUT2D eigenvalue weighted by Gasteiger charge is 2.47. The minimum Gasteiger partial charge on any atom is -0.463 e. The first-order valence-corrected chi connectivity index (χ1v) is 12.3. The summed E-state index contributed by atoms with van der Waals surface area (Å²) in [6, 6.07) is 13.5. The van der Waals surface area contributed by atoms with Gasteiger partial charge in [0.15, 0.2) is 5.60 Å². The molecule has 0 spiro atoms. The Morgan fingerprint density at radius 3 is 2.41 bits per heavy atom. The summed E-state index contributed by atoms with van der Waals surface area (Å²) in [5, 5.41) is 11.7. The van der Waals surface area contributed by atoms with Crippen LogP contribution in [0.3, 0.4) is 0 Å². The number of rotatable bonds is 9. The molecular weight excluding hydrogens is 400 g/mol. The number of esters is 1. The number of hydrogen-bond acceptors (Lipinski definition) is 5. The van der Waals surface area contributed by atoms with Crippen molar-refractivity contribution in [3.63, 3.8) is 0 Å². The molecule has 172 valence electrons. The van der Waals surface area contributed by atoms with Crippen LogP contribution in [0.5, 0.6) is 0 Å². The van der Waals surface area contributed by atoms with Crippen LogP contribution in [0, 0.1) is 5.92 Å². The third kappa shape index (κ3) is 5.38. The van der Waals surface area contributed by atoms with Gasteiger partial charge in [-0.15, -0.1) is 0 Å². The second-order valence-corrected chi connectivity index (χ2v) is 9.38. The predicted molar refractivity (Wildman–Crippen MR) is 125 cm³/mol. The number of benzene rings is 1. The zero-order valence-electron chi connectivity index (χ0n) is 19.0. The van der Waals surface area contributed by atoms with Gasteiger partial charge in [0.05, 0.1) is 6.61 Å². The van der Waals surface area contributed by atoms with E-state index in [9.17, 15) is 9.90 Å². The van der Waals surface area contributed by atoms with E-state index < -0.39 is 11.6 Å².